The number of anilines is 1. The molecule has 4 rings (SSSR count). The third kappa shape index (κ3) is 2.35. The number of carbonyl (C=O) groups is 2. The summed E-state index contributed by atoms with van der Waals surface area (Å²) in [7, 11) is 3.99. The smallest absolute Gasteiger partial charge is 0.238 e. The Morgan fingerprint density at radius 1 is 1.04 bits per heavy atom. The molecule has 0 N–H and O–H groups in total. The van der Waals surface area contributed by atoms with E-state index in [9.17, 15) is 9.59 Å². The Kier molecular flexibility index (Phi) is 3.68. The van der Waals surface area contributed by atoms with Crippen LogP contribution in [-0.4, -0.2) is 44.0 Å². The van der Waals surface area contributed by atoms with Gasteiger partial charge in [0.25, 0.3) is 0 Å². The lowest BCUT2D eigenvalue weighted by atomic mass is 9.85. The van der Waals surface area contributed by atoms with E-state index in [-0.39, 0.29) is 35.5 Å². The van der Waals surface area contributed by atoms with E-state index in [1.807, 2.05) is 26.2 Å². The van der Waals surface area contributed by atoms with Gasteiger partial charge in [-0.1, -0.05) is 12.2 Å². The van der Waals surface area contributed by atoms with Gasteiger partial charge in [0, 0.05) is 6.54 Å². The average Bonchev–Trinajstić information content (AvgIpc) is 3.22. The zero-order chi connectivity index (χ0) is 16.8. The molecule has 1 aromatic carbocycles. The van der Waals surface area contributed by atoms with Crippen LogP contribution in [0.5, 0.6) is 5.75 Å². The molecule has 2 amide bonds. The van der Waals surface area contributed by atoms with Crippen molar-refractivity contribution in [3.05, 3.63) is 36.4 Å². The number of amides is 2. The minimum Gasteiger partial charge on any atom is -0.492 e. The Balaban J connectivity index is 1.48. The quantitative estimate of drug-likeness (QED) is 0.613. The van der Waals surface area contributed by atoms with Gasteiger partial charge >= 0.3 is 0 Å². The number of hydrogen-bond acceptors (Lipinski definition) is 4. The van der Waals surface area contributed by atoms with Crippen molar-refractivity contribution in [2.24, 2.45) is 23.7 Å². The molecule has 0 radical (unpaired) electrons. The summed E-state index contributed by atoms with van der Waals surface area (Å²) in [4.78, 5) is 28.9. The van der Waals surface area contributed by atoms with E-state index in [4.69, 9.17) is 4.74 Å². The fourth-order valence-electron chi connectivity index (χ4n) is 4.19. The van der Waals surface area contributed by atoms with Gasteiger partial charge in [0.05, 0.1) is 17.5 Å². The second-order valence-corrected chi connectivity index (χ2v) is 7.16. The molecule has 126 valence electrons. The van der Waals surface area contributed by atoms with Gasteiger partial charge in [-0.05, 0) is 56.6 Å². The van der Waals surface area contributed by atoms with Crippen LogP contribution in [0.15, 0.2) is 36.4 Å². The largest absolute Gasteiger partial charge is 0.492 e. The van der Waals surface area contributed by atoms with Crippen LogP contribution in [0.2, 0.25) is 0 Å². The van der Waals surface area contributed by atoms with E-state index in [2.05, 4.69) is 17.1 Å². The van der Waals surface area contributed by atoms with Crippen molar-refractivity contribution in [3.8, 4) is 5.75 Å². The summed E-state index contributed by atoms with van der Waals surface area (Å²) in [5, 5.41) is 0. The Labute approximate surface area is 141 Å². The van der Waals surface area contributed by atoms with Crippen molar-refractivity contribution >= 4 is 17.5 Å². The maximum Gasteiger partial charge on any atom is 0.238 e. The van der Waals surface area contributed by atoms with Gasteiger partial charge in [0.2, 0.25) is 11.8 Å². The molecule has 3 aliphatic rings. The molecule has 1 saturated carbocycles. The number of benzene rings is 1. The molecule has 1 saturated heterocycles. The standard InChI is InChI=1S/C19H22N2O3/c1-20(2)9-10-24-15-7-5-14(6-8-15)21-18(22)16-12-3-4-13(11-12)17(16)19(21)23/h3-8,12-13,16-17H,9-11H2,1-2H3. The zero-order valence-electron chi connectivity index (χ0n) is 14.0. The Morgan fingerprint density at radius 3 is 2.17 bits per heavy atom. The first-order chi connectivity index (χ1) is 11.6. The molecule has 5 nitrogen and oxygen atoms in total. The Bertz CT molecular complexity index is 665. The summed E-state index contributed by atoms with van der Waals surface area (Å²) in [6, 6.07) is 7.26. The van der Waals surface area contributed by atoms with Gasteiger partial charge in [-0.3, -0.25) is 14.5 Å². The van der Waals surface area contributed by atoms with Crippen molar-refractivity contribution in [2.75, 3.05) is 32.1 Å². The first-order valence-electron chi connectivity index (χ1n) is 8.50. The summed E-state index contributed by atoms with van der Waals surface area (Å²) >= 11 is 0. The summed E-state index contributed by atoms with van der Waals surface area (Å²) in [5.74, 6) is 0.866. The fourth-order valence-corrected chi connectivity index (χ4v) is 4.19. The lowest BCUT2D eigenvalue weighted by molar-refractivity contribution is -0.123. The molecule has 5 heteroatoms. The van der Waals surface area contributed by atoms with E-state index in [0.29, 0.717) is 12.3 Å². The first kappa shape index (κ1) is 15.4. The Morgan fingerprint density at radius 2 is 1.62 bits per heavy atom. The summed E-state index contributed by atoms with van der Waals surface area (Å²) in [6.07, 6.45) is 5.18. The molecule has 2 aliphatic carbocycles. The molecule has 2 fully saturated rings. The minimum atomic E-state index is -0.150. The highest BCUT2D eigenvalue weighted by molar-refractivity contribution is 6.22. The fraction of sp³-hybridized carbons (Fsp3) is 0.474. The topological polar surface area (TPSA) is 49.9 Å². The minimum absolute atomic E-state index is 0.0388. The van der Waals surface area contributed by atoms with Gasteiger partial charge in [-0.2, -0.15) is 0 Å². The highest BCUT2D eigenvalue weighted by Crippen LogP contribution is 2.53. The van der Waals surface area contributed by atoms with Gasteiger partial charge in [0.15, 0.2) is 0 Å². The van der Waals surface area contributed by atoms with E-state index in [0.717, 1.165) is 18.7 Å². The van der Waals surface area contributed by atoms with E-state index >= 15 is 0 Å². The number of ether oxygens (including phenoxy) is 1. The number of carbonyl (C=O) groups excluding carboxylic acids is 2. The molecule has 4 unspecified atom stereocenters. The molecule has 0 spiro atoms. The average molecular weight is 326 g/mol. The van der Waals surface area contributed by atoms with Crippen LogP contribution in [0, 0.1) is 23.7 Å². The van der Waals surface area contributed by atoms with Crippen molar-refractivity contribution in [1.82, 2.24) is 4.90 Å². The van der Waals surface area contributed by atoms with Crippen LogP contribution in [0.1, 0.15) is 6.42 Å². The number of hydrogen-bond donors (Lipinski definition) is 0. The number of likely N-dealkylation sites (N-methyl/N-ethyl adjacent to an activating group) is 1. The van der Waals surface area contributed by atoms with Gasteiger partial charge in [-0.15, -0.1) is 0 Å². The summed E-state index contributed by atoms with van der Waals surface area (Å²) in [5.41, 5.74) is 0.652. The predicted molar refractivity (Wildman–Crippen MR) is 90.7 cm³/mol. The van der Waals surface area contributed by atoms with Crippen LogP contribution in [0.4, 0.5) is 5.69 Å². The lowest BCUT2D eigenvalue weighted by Gasteiger charge is -2.18. The molecule has 2 bridgehead atoms. The third-order valence-electron chi connectivity index (χ3n) is 5.37. The summed E-state index contributed by atoms with van der Waals surface area (Å²) < 4.78 is 5.67. The number of imide groups is 1. The molecule has 1 aromatic rings. The molecule has 0 aromatic heterocycles. The van der Waals surface area contributed by atoms with Crippen LogP contribution in [-0.2, 0) is 9.59 Å². The van der Waals surface area contributed by atoms with Gasteiger partial charge < -0.3 is 9.64 Å². The zero-order valence-corrected chi connectivity index (χ0v) is 14.0. The van der Waals surface area contributed by atoms with Crippen molar-refractivity contribution < 1.29 is 14.3 Å². The maximum absolute atomic E-state index is 12.8. The lowest BCUT2D eigenvalue weighted by Crippen LogP contribution is -2.32. The molecule has 24 heavy (non-hydrogen) atoms. The number of allylic oxidation sites excluding steroid dienone is 2. The normalized spacial score (nSPS) is 30.5. The number of rotatable bonds is 5. The van der Waals surface area contributed by atoms with Crippen molar-refractivity contribution in [2.45, 2.75) is 6.42 Å². The van der Waals surface area contributed by atoms with Gasteiger partial charge in [0.1, 0.15) is 12.4 Å². The SMILES string of the molecule is CN(C)CCOc1ccc(N2C(=O)C3C4C=CC(C4)C3C2=O)cc1. The molecular formula is C19H22N2O3. The predicted octanol–water partition coefficient (Wildman–Crippen LogP) is 1.94. The number of nitrogens with zero attached hydrogens (tertiary/aromatic N) is 2. The molecule has 1 heterocycles. The highest BCUT2D eigenvalue weighted by atomic mass is 16.5. The van der Waals surface area contributed by atoms with E-state index in [1.165, 1.54) is 4.90 Å². The van der Waals surface area contributed by atoms with Crippen LogP contribution < -0.4 is 9.64 Å². The second-order valence-electron chi connectivity index (χ2n) is 7.16. The van der Waals surface area contributed by atoms with E-state index in [1.54, 1.807) is 12.1 Å². The Hall–Kier alpha value is -2.14. The monoisotopic (exact) mass is 326 g/mol. The third-order valence-corrected chi connectivity index (χ3v) is 5.37. The van der Waals surface area contributed by atoms with Crippen LogP contribution in [0.25, 0.3) is 0 Å². The molecule has 4 atom stereocenters. The van der Waals surface area contributed by atoms with E-state index < -0.39 is 0 Å². The first-order valence-corrected chi connectivity index (χ1v) is 8.50. The van der Waals surface area contributed by atoms with Gasteiger partial charge in [-0.25, -0.2) is 0 Å². The van der Waals surface area contributed by atoms with Crippen LogP contribution >= 0.6 is 0 Å². The molecular weight excluding hydrogens is 304 g/mol. The summed E-state index contributed by atoms with van der Waals surface area (Å²) in [6.45, 7) is 1.44. The van der Waals surface area contributed by atoms with Crippen LogP contribution in [0.3, 0.4) is 0 Å². The molecule has 1 aliphatic heterocycles. The second kappa shape index (κ2) is 5.74. The van der Waals surface area contributed by atoms with Crippen molar-refractivity contribution in [3.63, 3.8) is 0 Å². The highest BCUT2D eigenvalue weighted by Gasteiger charge is 2.59. The van der Waals surface area contributed by atoms with Crippen molar-refractivity contribution in [1.29, 1.82) is 0 Å². The maximum atomic E-state index is 12.8. The number of fused-ring (bicyclic) bond motifs is 5.